The number of anilines is 2. The fraction of sp³-hybridized carbons (Fsp3) is 0.136. The molecule has 0 atom stereocenters. The van der Waals surface area contributed by atoms with Crippen molar-refractivity contribution in [2.75, 3.05) is 5.32 Å². The van der Waals surface area contributed by atoms with E-state index < -0.39 is 0 Å². The van der Waals surface area contributed by atoms with Crippen LogP contribution in [0.2, 0.25) is 0 Å². The molecule has 24 heavy (non-hydrogen) atoms. The minimum atomic E-state index is 1.04. The second-order valence-electron chi connectivity index (χ2n) is 6.08. The Labute approximate surface area is 143 Å². The molecule has 0 unspecified atom stereocenters. The number of hydrogen-bond donors (Lipinski definition) is 1. The minimum absolute atomic E-state index is 1.04. The molecule has 2 nitrogen and oxygen atoms in total. The average Bonchev–Trinajstić information content (AvgIpc) is 2.58. The van der Waals surface area contributed by atoms with Gasteiger partial charge in [0.25, 0.3) is 0 Å². The zero-order valence-corrected chi connectivity index (χ0v) is 14.4. The van der Waals surface area contributed by atoms with Crippen LogP contribution in [0.1, 0.15) is 22.3 Å². The highest BCUT2D eigenvalue weighted by atomic mass is 14.9. The molecule has 0 spiro atoms. The molecular formula is C22H22N2. The fourth-order valence-electron chi connectivity index (χ4n) is 2.66. The van der Waals surface area contributed by atoms with E-state index in [9.17, 15) is 0 Å². The largest absolute Gasteiger partial charge is 0.355 e. The zero-order chi connectivity index (χ0) is 16.9. The summed E-state index contributed by atoms with van der Waals surface area (Å²) in [6.07, 6.45) is 1.94. The van der Waals surface area contributed by atoms with Crippen molar-refractivity contribution in [2.45, 2.75) is 20.8 Å². The lowest BCUT2D eigenvalue weighted by atomic mass is 10.1. The summed E-state index contributed by atoms with van der Waals surface area (Å²) in [5.41, 5.74) is 7.88. The van der Waals surface area contributed by atoms with E-state index in [1.54, 1.807) is 0 Å². The molecular weight excluding hydrogens is 292 g/mol. The normalized spacial score (nSPS) is 11.0. The van der Waals surface area contributed by atoms with Gasteiger partial charge in [0, 0.05) is 23.2 Å². The maximum atomic E-state index is 4.73. The van der Waals surface area contributed by atoms with Crippen molar-refractivity contribution in [3.63, 3.8) is 0 Å². The fourth-order valence-corrected chi connectivity index (χ4v) is 2.66. The Balaban J connectivity index is 1.89. The monoisotopic (exact) mass is 314 g/mol. The number of rotatable bonds is 4. The molecule has 0 aliphatic heterocycles. The third kappa shape index (κ3) is 3.72. The highest BCUT2D eigenvalue weighted by molar-refractivity contribution is 5.90. The van der Waals surface area contributed by atoms with E-state index in [2.05, 4.69) is 80.7 Å². The van der Waals surface area contributed by atoms with Crippen LogP contribution in [0.15, 0.2) is 71.7 Å². The van der Waals surface area contributed by atoms with Crippen LogP contribution in [0.5, 0.6) is 0 Å². The van der Waals surface area contributed by atoms with Crippen molar-refractivity contribution in [1.29, 1.82) is 0 Å². The molecule has 0 amide bonds. The first kappa shape index (κ1) is 16.0. The summed E-state index contributed by atoms with van der Waals surface area (Å²) >= 11 is 0. The standard InChI is InChI=1S/C22H22N2/c1-16-11-13-20(14-12-16)24-21-10-5-4-9-19(21)15-23-22-17(2)7-6-8-18(22)3/h4-15,24H,1-3H3. The quantitative estimate of drug-likeness (QED) is 0.578. The molecule has 0 aromatic heterocycles. The molecule has 0 radical (unpaired) electrons. The summed E-state index contributed by atoms with van der Waals surface area (Å²) in [6, 6.07) is 22.9. The molecule has 3 aromatic rings. The lowest BCUT2D eigenvalue weighted by Crippen LogP contribution is -1.95. The Morgan fingerprint density at radius 1 is 0.750 bits per heavy atom. The van der Waals surface area contributed by atoms with Gasteiger partial charge in [0.05, 0.1) is 5.69 Å². The SMILES string of the molecule is Cc1ccc(Nc2ccccc2C=Nc2c(C)cccc2C)cc1. The Bertz CT molecular complexity index is 841. The number of para-hydroxylation sites is 2. The van der Waals surface area contributed by atoms with Crippen LogP contribution in [-0.4, -0.2) is 6.21 Å². The van der Waals surface area contributed by atoms with E-state index >= 15 is 0 Å². The van der Waals surface area contributed by atoms with Crippen molar-refractivity contribution in [2.24, 2.45) is 4.99 Å². The maximum Gasteiger partial charge on any atom is 0.0688 e. The molecule has 1 N–H and O–H groups in total. The van der Waals surface area contributed by atoms with Gasteiger partial charge < -0.3 is 5.32 Å². The Morgan fingerprint density at radius 3 is 2.12 bits per heavy atom. The van der Waals surface area contributed by atoms with Crippen LogP contribution in [0.25, 0.3) is 0 Å². The molecule has 0 aliphatic carbocycles. The number of benzene rings is 3. The van der Waals surface area contributed by atoms with E-state index in [1.165, 1.54) is 16.7 Å². The number of nitrogens with zero attached hydrogens (tertiary/aromatic N) is 1. The Kier molecular flexibility index (Phi) is 4.76. The Morgan fingerprint density at radius 2 is 1.42 bits per heavy atom. The minimum Gasteiger partial charge on any atom is -0.355 e. The first-order chi connectivity index (χ1) is 11.6. The van der Waals surface area contributed by atoms with E-state index in [-0.39, 0.29) is 0 Å². The third-order valence-corrected chi connectivity index (χ3v) is 4.06. The average molecular weight is 314 g/mol. The van der Waals surface area contributed by atoms with Gasteiger partial charge in [0.2, 0.25) is 0 Å². The van der Waals surface area contributed by atoms with E-state index in [0.29, 0.717) is 0 Å². The molecule has 0 heterocycles. The maximum absolute atomic E-state index is 4.73. The molecule has 0 bridgehead atoms. The van der Waals surface area contributed by atoms with Gasteiger partial charge in [-0.25, -0.2) is 0 Å². The van der Waals surface area contributed by atoms with E-state index in [1.807, 2.05) is 18.3 Å². The predicted molar refractivity (Wildman–Crippen MR) is 104 cm³/mol. The number of hydrogen-bond acceptors (Lipinski definition) is 2. The van der Waals surface area contributed by atoms with E-state index in [4.69, 9.17) is 4.99 Å². The molecule has 3 aromatic carbocycles. The van der Waals surface area contributed by atoms with Crippen LogP contribution < -0.4 is 5.32 Å². The molecule has 3 rings (SSSR count). The van der Waals surface area contributed by atoms with Crippen molar-refractivity contribution >= 4 is 23.3 Å². The lowest BCUT2D eigenvalue weighted by molar-refractivity contribution is 1.33. The van der Waals surface area contributed by atoms with Gasteiger partial charge in [0.1, 0.15) is 0 Å². The Hall–Kier alpha value is -2.87. The number of aryl methyl sites for hydroxylation is 3. The summed E-state index contributed by atoms with van der Waals surface area (Å²) in [7, 11) is 0. The van der Waals surface area contributed by atoms with Crippen LogP contribution in [0.3, 0.4) is 0 Å². The highest BCUT2D eigenvalue weighted by Crippen LogP contribution is 2.24. The number of aliphatic imine (C=N–C) groups is 1. The molecule has 120 valence electrons. The third-order valence-electron chi connectivity index (χ3n) is 4.06. The van der Waals surface area contributed by atoms with Crippen LogP contribution in [0, 0.1) is 20.8 Å². The first-order valence-corrected chi connectivity index (χ1v) is 8.16. The van der Waals surface area contributed by atoms with Crippen LogP contribution in [-0.2, 0) is 0 Å². The topological polar surface area (TPSA) is 24.4 Å². The van der Waals surface area contributed by atoms with Crippen LogP contribution in [0.4, 0.5) is 17.1 Å². The molecule has 0 fully saturated rings. The summed E-state index contributed by atoms with van der Waals surface area (Å²) in [5, 5.41) is 3.47. The van der Waals surface area contributed by atoms with Gasteiger partial charge in [0.15, 0.2) is 0 Å². The van der Waals surface area contributed by atoms with Crippen LogP contribution >= 0.6 is 0 Å². The second-order valence-corrected chi connectivity index (χ2v) is 6.08. The zero-order valence-electron chi connectivity index (χ0n) is 14.4. The van der Waals surface area contributed by atoms with Crippen molar-refractivity contribution < 1.29 is 0 Å². The van der Waals surface area contributed by atoms with Gasteiger partial charge in [-0.2, -0.15) is 0 Å². The van der Waals surface area contributed by atoms with Gasteiger partial charge in [-0.15, -0.1) is 0 Å². The van der Waals surface area contributed by atoms with Crippen molar-refractivity contribution in [1.82, 2.24) is 0 Å². The summed E-state index contributed by atoms with van der Waals surface area (Å²) < 4.78 is 0. The van der Waals surface area contributed by atoms with Crippen molar-refractivity contribution in [3.8, 4) is 0 Å². The molecule has 0 saturated carbocycles. The van der Waals surface area contributed by atoms with Gasteiger partial charge in [-0.1, -0.05) is 54.1 Å². The summed E-state index contributed by atoms with van der Waals surface area (Å²) in [5.74, 6) is 0. The summed E-state index contributed by atoms with van der Waals surface area (Å²) in [4.78, 5) is 4.73. The predicted octanol–water partition coefficient (Wildman–Crippen LogP) is 6.11. The summed E-state index contributed by atoms with van der Waals surface area (Å²) in [6.45, 7) is 6.28. The molecule has 0 aliphatic rings. The van der Waals surface area contributed by atoms with Gasteiger partial charge in [-0.05, 0) is 50.1 Å². The van der Waals surface area contributed by atoms with Gasteiger partial charge in [-0.3, -0.25) is 4.99 Å². The van der Waals surface area contributed by atoms with Crippen molar-refractivity contribution in [3.05, 3.63) is 89.0 Å². The molecule has 2 heteroatoms. The number of nitrogens with one attached hydrogen (secondary N) is 1. The highest BCUT2D eigenvalue weighted by Gasteiger charge is 2.02. The molecule has 0 saturated heterocycles. The second kappa shape index (κ2) is 7.14. The van der Waals surface area contributed by atoms with Gasteiger partial charge >= 0.3 is 0 Å². The van der Waals surface area contributed by atoms with E-state index in [0.717, 1.165) is 22.6 Å². The first-order valence-electron chi connectivity index (χ1n) is 8.16. The smallest absolute Gasteiger partial charge is 0.0688 e. The lowest BCUT2D eigenvalue weighted by Gasteiger charge is -2.10.